The van der Waals surface area contributed by atoms with Crippen LogP contribution in [0.3, 0.4) is 0 Å². The quantitative estimate of drug-likeness (QED) is 0.674. The Morgan fingerprint density at radius 1 is 0.667 bits per heavy atom. The van der Waals surface area contributed by atoms with Crippen LogP contribution in [0.2, 0.25) is 0 Å². The van der Waals surface area contributed by atoms with Crippen LogP contribution in [0, 0.1) is 0 Å². The SMILES string of the molecule is C[N+](C)=C1C=CC(=C2C=C(c3ccccc3)C=C(c3ccccc3)O2)C=C1. The Hall–Kier alpha value is -3.39. The van der Waals surface area contributed by atoms with Gasteiger partial charge >= 0.3 is 0 Å². The highest BCUT2D eigenvalue weighted by Gasteiger charge is 2.17. The highest BCUT2D eigenvalue weighted by atomic mass is 16.5. The van der Waals surface area contributed by atoms with Gasteiger partial charge in [-0.2, -0.15) is 0 Å². The summed E-state index contributed by atoms with van der Waals surface area (Å²) in [5.41, 5.74) is 5.63. The van der Waals surface area contributed by atoms with Crippen molar-refractivity contribution >= 4 is 17.0 Å². The van der Waals surface area contributed by atoms with Crippen LogP contribution in [0.4, 0.5) is 0 Å². The summed E-state index contributed by atoms with van der Waals surface area (Å²) in [6, 6.07) is 20.7. The van der Waals surface area contributed by atoms with Crippen LogP contribution >= 0.6 is 0 Å². The minimum Gasteiger partial charge on any atom is -0.456 e. The van der Waals surface area contributed by atoms with Crippen molar-refractivity contribution in [2.24, 2.45) is 0 Å². The van der Waals surface area contributed by atoms with Crippen LogP contribution in [-0.2, 0) is 4.74 Å². The van der Waals surface area contributed by atoms with Gasteiger partial charge in [-0.15, -0.1) is 0 Å². The first-order chi connectivity index (χ1) is 13.2. The van der Waals surface area contributed by atoms with Gasteiger partial charge in [0.25, 0.3) is 0 Å². The zero-order chi connectivity index (χ0) is 18.6. The van der Waals surface area contributed by atoms with Crippen LogP contribution in [0.25, 0.3) is 11.3 Å². The van der Waals surface area contributed by atoms with Crippen molar-refractivity contribution in [3.63, 3.8) is 0 Å². The molecule has 1 heterocycles. The minimum absolute atomic E-state index is 0.862. The van der Waals surface area contributed by atoms with E-state index in [-0.39, 0.29) is 0 Å². The molecule has 2 aromatic carbocycles. The van der Waals surface area contributed by atoms with Crippen LogP contribution < -0.4 is 0 Å². The lowest BCUT2D eigenvalue weighted by Crippen LogP contribution is -2.10. The molecule has 0 bridgehead atoms. The van der Waals surface area contributed by atoms with Crippen LogP contribution in [0.1, 0.15) is 11.1 Å². The average Bonchev–Trinajstić information content (AvgIpc) is 2.75. The molecule has 0 saturated heterocycles. The van der Waals surface area contributed by atoms with Crippen LogP contribution in [0.5, 0.6) is 0 Å². The first kappa shape index (κ1) is 17.0. The molecule has 1 aliphatic carbocycles. The van der Waals surface area contributed by atoms with Crippen LogP contribution in [-0.4, -0.2) is 24.4 Å². The molecule has 0 atom stereocenters. The molecular formula is C25H22NO+. The summed E-state index contributed by atoms with van der Waals surface area (Å²) >= 11 is 0. The number of hydrogen-bond acceptors (Lipinski definition) is 1. The molecule has 4 rings (SSSR count). The molecule has 0 saturated carbocycles. The minimum atomic E-state index is 0.862. The Balaban J connectivity index is 1.80. The van der Waals surface area contributed by atoms with E-state index in [0.717, 1.165) is 28.2 Å². The normalized spacial score (nSPS) is 16.0. The first-order valence-electron chi connectivity index (χ1n) is 9.07. The number of nitrogens with zero attached hydrogens (tertiary/aromatic N) is 1. The van der Waals surface area contributed by atoms with Gasteiger partial charge in [0.2, 0.25) is 0 Å². The molecule has 0 aromatic heterocycles. The number of ether oxygens (including phenoxy) is 1. The zero-order valence-corrected chi connectivity index (χ0v) is 15.6. The van der Waals surface area contributed by atoms with E-state index in [1.54, 1.807) is 0 Å². The standard InChI is InChI=1S/C25H22NO/c1-26(2)23-15-13-21(14-16-23)25-18-22(19-9-5-3-6-10-19)17-24(27-25)20-11-7-4-8-12-20/h3-18H,1-2H3/q+1. The van der Waals surface area contributed by atoms with Gasteiger partial charge in [-0.05, 0) is 35.4 Å². The maximum Gasteiger partial charge on any atom is 0.199 e. The summed E-state index contributed by atoms with van der Waals surface area (Å²) in [6.07, 6.45) is 12.7. The highest BCUT2D eigenvalue weighted by molar-refractivity contribution is 6.02. The smallest absolute Gasteiger partial charge is 0.199 e. The van der Waals surface area contributed by atoms with Crippen molar-refractivity contribution in [3.8, 4) is 0 Å². The second-order valence-electron chi connectivity index (χ2n) is 6.75. The monoisotopic (exact) mass is 352 g/mol. The van der Waals surface area contributed by atoms with E-state index in [2.05, 4.69) is 77.4 Å². The third kappa shape index (κ3) is 3.75. The third-order valence-electron chi connectivity index (χ3n) is 4.63. The molecule has 0 fully saturated rings. The maximum absolute atomic E-state index is 6.30. The molecule has 1 aliphatic heterocycles. The molecular weight excluding hydrogens is 330 g/mol. The Bertz CT molecular complexity index is 1010. The lowest BCUT2D eigenvalue weighted by molar-refractivity contribution is -0.462. The summed E-state index contributed by atoms with van der Waals surface area (Å²) < 4.78 is 8.39. The Labute approximate surface area is 160 Å². The largest absolute Gasteiger partial charge is 0.456 e. The summed E-state index contributed by atoms with van der Waals surface area (Å²) in [5.74, 6) is 1.73. The van der Waals surface area contributed by atoms with E-state index in [1.807, 2.05) is 38.4 Å². The molecule has 0 amide bonds. The summed E-state index contributed by atoms with van der Waals surface area (Å²) in [6.45, 7) is 0. The summed E-state index contributed by atoms with van der Waals surface area (Å²) in [5, 5.41) is 0. The fraction of sp³-hybridized carbons (Fsp3) is 0.0800. The van der Waals surface area contributed by atoms with E-state index in [0.29, 0.717) is 0 Å². The number of rotatable bonds is 2. The van der Waals surface area contributed by atoms with Crippen molar-refractivity contribution in [3.05, 3.63) is 120 Å². The highest BCUT2D eigenvalue weighted by Crippen LogP contribution is 2.33. The molecule has 0 N–H and O–H groups in total. The van der Waals surface area contributed by atoms with E-state index < -0.39 is 0 Å². The molecule has 0 radical (unpaired) electrons. The fourth-order valence-corrected chi connectivity index (χ4v) is 3.11. The van der Waals surface area contributed by atoms with Gasteiger partial charge in [0.15, 0.2) is 5.71 Å². The molecule has 2 nitrogen and oxygen atoms in total. The fourth-order valence-electron chi connectivity index (χ4n) is 3.11. The molecule has 0 unspecified atom stereocenters. The van der Waals surface area contributed by atoms with Gasteiger partial charge in [0.05, 0.1) is 0 Å². The second-order valence-corrected chi connectivity index (χ2v) is 6.75. The second kappa shape index (κ2) is 7.46. The Morgan fingerprint density at radius 3 is 1.85 bits per heavy atom. The van der Waals surface area contributed by atoms with Gasteiger partial charge in [0, 0.05) is 23.3 Å². The van der Waals surface area contributed by atoms with Gasteiger partial charge in [0.1, 0.15) is 25.6 Å². The van der Waals surface area contributed by atoms with E-state index in [1.165, 1.54) is 11.3 Å². The Kier molecular flexibility index (Phi) is 4.71. The van der Waals surface area contributed by atoms with E-state index >= 15 is 0 Å². The first-order valence-corrected chi connectivity index (χ1v) is 9.07. The van der Waals surface area contributed by atoms with E-state index in [4.69, 9.17) is 4.74 Å². The molecule has 0 spiro atoms. The molecule has 27 heavy (non-hydrogen) atoms. The third-order valence-corrected chi connectivity index (χ3v) is 4.63. The predicted octanol–water partition coefficient (Wildman–Crippen LogP) is 5.23. The predicted molar refractivity (Wildman–Crippen MR) is 112 cm³/mol. The number of benzene rings is 2. The van der Waals surface area contributed by atoms with Crippen molar-refractivity contribution in [1.29, 1.82) is 0 Å². The van der Waals surface area contributed by atoms with Crippen molar-refractivity contribution < 1.29 is 9.31 Å². The van der Waals surface area contributed by atoms with Crippen LogP contribution in [0.15, 0.2) is 108 Å². The van der Waals surface area contributed by atoms with Crippen molar-refractivity contribution in [2.75, 3.05) is 14.1 Å². The molecule has 2 heteroatoms. The number of hydrogen-bond donors (Lipinski definition) is 0. The molecule has 2 aliphatic rings. The lowest BCUT2D eigenvalue weighted by Gasteiger charge is -2.20. The lowest BCUT2D eigenvalue weighted by atomic mass is 9.98. The zero-order valence-electron chi connectivity index (χ0n) is 15.6. The van der Waals surface area contributed by atoms with Crippen molar-refractivity contribution in [1.82, 2.24) is 0 Å². The van der Waals surface area contributed by atoms with E-state index in [9.17, 15) is 0 Å². The van der Waals surface area contributed by atoms with Crippen molar-refractivity contribution in [2.45, 2.75) is 0 Å². The Morgan fingerprint density at radius 2 is 1.26 bits per heavy atom. The summed E-state index contributed by atoms with van der Waals surface area (Å²) in [7, 11) is 4.09. The van der Waals surface area contributed by atoms with Gasteiger partial charge < -0.3 is 4.74 Å². The van der Waals surface area contributed by atoms with Gasteiger partial charge in [-0.1, -0.05) is 60.7 Å². The van der Waals surface area contributed by atoms with Gasteiger partial charge in [-0.3, -0.25) is 0 Å². The average molecular weight is 352 g/mol. The van der Waals surface area contributed by atoms with Gasteiger partial charge in [-0.25, -0.2) is 4.58 Å². The topological polar surface area (TPSA) is 12.2 Å². The molecule has 2 aromatic rings. The maximum atomic E-state index is 6.30. The number of allylic oxidation sites excluding steroid dienone is 8. The summed E-state index contributed by atoms with van der Waals surface area (Å²) in [4.78, 5) is 0. The molecule has 132 valence electrons.